The fraction of sp³-hybridized carbons (Fsp3) is 0.929. The Morgan fingerprint density at radius 3 is 2.06 bits per heavy atom. The van der Waals surface area contributed by atoms with E-state index in [1.54, 1.807) is 0 Å². The first-order valence-corrected chi connectivity index (χ1v) is 7.04. The highest BCUT2D eigenvalue weighted by molar-refractivity contribution is 5.72. The molecule has 0 atom stereocenters. The number of methoxy groups -OCH3 is 1. The SMILES string of the molecule is CCCN(CCC)C1CCC(C(=O)OC)CC1. The molecule has 0 bridgehead atoms. The Hall–Kier alpha value is -0.570. The van der Waals surface area contributed by atoms with Gasteiger partial charge in [0, 0.05) is 6.04 Å². The molecule has 3 heteroatoms. The lowest BCUT2D eigenvalue weighted by molar-refractivity contribution is -0.146. The molecule has 0 N–H and O–H groups in total. The van der Waals surface area contributed by atoms with Gasteiger partial charge in [-0.05, 0) is 51.6 Å². The van der Waals surface area contributed by atoms with Gasteiger partial charge in [-0.15, -0.1) is 0 Å². The number of carbonyl (C=O) groups is 1. The normalized spacial score (nSPS) is 24.9. The van der Waals surface area contributed by atoms with Crippen molar-refractivity contribution in [1.82, 2.24) is 4.90 Å². The number of rotatable bonds is 6. The van der Waals surface area contributed by atoms with Crippen LogP contribution in [0.5, 0.6) is 0 Å². The summed E-state index contributed by atoms with van der Waals surface area (Å²) in [6.07, 6.45) is 6.75. The van der Waals surface area contributed by atoms with E-state index in [1.807, 2.05) is 0 Å². The fourth-order valence-corrected chi connectivity index (χ4v) is 2.89. The molecule has 0 aromatic rings. The van der Waals surface area contributed by atoms with Crippen LogP contribution in [0, 0.1) is 5.92 Å². The van der Waals surface area contributed by atoms with E-state index in [0.717, 1.165) is 25.7 Å². The molecule has 0 unspecified atom stereocenters. The minimum Gasteiger partial charge on any atom is -0.469 e. The van der Waals surface area contributed by atoms with Gasteiger partial charge in [0.15, 0.2) is 0 Å². The van der Waals surface area contributed by atoms with E-state index in [1.165, 1.54) is 33.0 Å². The Kier molecular flexibility index (Phi) is 6.56. The second-order valence-corrected chi connectivity index (χ2v) is 5.06. The smallest absolute Gasteiger partial charge is 0.308 e. The minimum absolute atomic E-state index is 0.0130. The third-order valence-corrected chi connectivity index (χ3v) is 3.77. The van der Waals surface area contributed by atoms with Crippen LogP contribution in [0.1, 0.15) is 52.4 Å². The number of esters is 1. The summed E-state index contributed by atoms with van der Waals surface area (Å²) < 4.78 is 4.83. The maximum absolute atomic E-state index is 11.5. The molecular formula is C14H27NO2. The lowest BCUT2D eigenvalue weighted by atomic mass is 9.85. The summed E-state index contributed by atoms with van der Waals surface area (Å²) in [6.45, 7) is 6.87. The zero-order valence-corrected chi connectivity index (χ0v) is 11.6. The van der Waals surface area contributed by atoms with Gasteiger partial charge in [0.2, 0.25) is 0 Å². The fourth-order valence-electron chi connectivity index (χ4n) is 2.89. The maximum atomic E-state index is 11.5. The van der Waals surface area contributed by atoms with E-state index in [4.69, 9.17) is 4.74 Å². The van der Waals surface area contributed by atoms with Gasteiger partial charge in [-0.2, -0.15) is 0 Å². The van der Waals surface area contributed by atoms with Gasteiger partial charge in [0.25, 0.3) is 0 Å². The van der Waals surface area contributed by atoms with Crippen molar-refractivity contribution in [2.45, 2.75) is 58.4 Å². The maximum Gasteiger partial charge on any atom is 0.308 e. The molecule has 0 aliphatic heterocycles. The van der Waals surface area contributed by atoms with Crippen LogP contribution in [0.4, 0.5) is 0 Å². The van der Waals surface area contributed by atoms with Crippen LogP contribution in [0.15, 0.2) is 0 Å². The van der Waals surface area contributed by atoms with E-state index in [9.17, 15) is 4.79 Å². The average Bonchev–Trinajstić information content (AvgIpc) is 2.38. The molecule has 1 fully saturated rings. The third kappa shape index (κ3) is 4.30. The highest BCUT2D eigenvalue weighted by Gasteiger charge is 2.29. The average molecular weight is 241 g/mol. The van der Waals surface area contributed by atoms with Crippen molar-refractivity contribution in [1.29, 1.82) is 0 Å². The Morgan fingerprint density at radius 1 is 1.12 bits per heavy atom. The number of hydrogen-bond donors (Lipinski definition) is 0. The highest BCUT2D eigenvalue weighted by Crippen LogP contribution is 2.28. The van der Waals surface area contributed by atoms with E-state index < -0.39 is 0 Å². The summed E-state index contributed by atoms with van der Waals surface area (Å²) in [5, 5.41) is 0. The van der Waals surface area contributed by atoms with Gasteiger partial charge in [-0.3, -0.25) is 4.79 Å². The van der Waals surface area contributed by atoms with Crippen molar-refractivity contribution in [2.75, 3.05) is 20.2 Å². The van der Waals surface area contributed by atoms with Crippen molar-refractivity contribution in [3.63, 3.8) is 0 Å². The van der Waals surface area contributed by atoms with Crippen molar-refractivity contribution in [3.8, 4) is 0 Å². The molecule has 1 aliphatic rings. The van der Waals surface area contributed by atoms with Gasteiger partial charge in [0.1, 0.15) is 0 Å². The molecular weight excluding hydrogens is 214 g/mol. The van der Waals surface area contributed by atoms with Crippen LogP contribution < -0.4 is 0 Å². The molecule has 0 aromatic heterocycles. The number of carbonyl (C=O) groups excluding carboxylic acids is 1. The number of hydrogen-bond acceptors (Lipinski definition) is 3. The first-order valence-electron chi connectivity index (χ1n) is 7.04. The molecule has 0 saturated heterocycles. The molecule has 3 nitrogen and oxygen atoms in total. The molecule has 0 aromatic carbocycles. The second kappa shape index (κ2) is 7.70. The second-order valence-electron chi connectivity index (χ2n) is 5.06. The monoisotopic (exact) mass is 241 g/mol. The van der Waals surface area contributed by atoms with E-state index >= 15 is 0 Å². The van der Waals surface area contributed by atoms with Crippen molar-refractivity contribution < 1.29 is 9.53 Å². The molecule has 0 radical (unpaired) electrons. The van der Waals surface area contributed by atoms with Crippen LogP contribution in [-0.4, -0.2) is 37.1 Å². The van der Waals surface area contributed by atoms with Crippen LogP contribution in [0.3, 0.4) is 0 Å². The van der Waals surface area contributed by atoms with Gasteiger partial charge in [-0.1, -0.05) is 13.8 Å². The zero-order chi connectivity index (χ0) is 12.7. The Morgan fingerprint density at radius 2 is 1.65 bits per heavy atom. The number of ether oxygens (including phenoxy) is 1. The Bertz CT molecular complexity index is 216. The largest absolute Gasteiger partial charge is 0.469 e. The Labute approximate surface area is 106 Å². The number of nitrogens with zero attached hydrogens (tertiary/aromatic N) is 1. The van der Waals surface area contributed by atoms with Gasteiger partial charge >= 0.3 is 5.97 Å². The molecule has 0 heterocycles. The topological polar surface area (TPSA) is 29.5 Å². The van der Waals surface area contributed by atoms with Gasteiger partial charge < -0.3 is 9.64 Å². The van der Waals surface area contributed by atoms with Crippen molar-refractivity contribution >= 4 is 5.97 Å². The van der Waals surface area contributed by atoms with Crippen molar-refractivity contribution in [3.05, 3.63) is 0 Å². The summed E-state index contributed by atoms with van der Waals surface area (Å²) in [7, 11) is 1.49. The summed E-state index contributed by atoms with van der Waals surface area (Å²) in [6, 6.07) is 0.691. The van der Waals surface area contributed by atoms with Crippen LogP contribution in [0.2, 0.25) is 0 Å². The lowest BCUT2D eigenvalue weighted by Gasteiger charge is -2.36. The third-order valence-electron chi connectivity index (χ3n) is 3.77. The van der Waals surface area contributed by atoms with Crippen molar-refractivity contribution in [2.24, 2.45) is 5.92 Å². The summed E-state index contributed by atoms with van der Waals surface area (Å²) in [5.74, 6) is 0.141. The zero-order valence-electron chi connectivity index (χ0n) is 11.6. The predicted octanol–water partition coefficient (Wildman–Crippen LogP) is 2.84. The highest BCUT2D eigenvalue weighted by atomic mass is 16.5. The standard InChI is InChI=1S/C14H27NO2/c1-4-10-15(11-5-2)13-8-6-12(7-9-13)14(16)17-3/h12-13H,4-11H2,1-3H3. The molecule has 1 rings (SSSR count). The molecule has 0 amide bonds. The van der Waals surface area contributed by atoms with Crippen LogP contribution >= 0.6 is 0 Å². The molecule has 17 heavy (non-hydrogen) atoms. The van der Waals surface area contributed by atoms with Gasteiger partial charge in [0.05, 0.1) is 13.0 Å². The van der Waals surface area contributed by atoms with E-state index in [2.05, 4.69) is 18.7 Å². The summed E-state index contributed by atoms with van der Waals surface area (Å²) in [4.78, 5) is 14.1. The van der Waals surface area contributed by atoms with Gasteiger partial charge in [-0.25, -0.2) is 0 Å². The van der Waals surface area contributed by atoms with Crippen LogP contribution in [0.25, 0.3) is 0 Å². The molecule has 0 spiro atoms. The summed E-state index contributed by atoms with van der Waals surface area (Å²) in [5.41, 5.74) is 0. The van der Waals surface area contributed by atoms with E-state index in [-0.39, 0.29) is 11.9 Å². The molecule has 100 valence electrons. The molecule has 1 aliphatic carbocycles. The minimum atomic E-state index is -0.0130. The summed E-state index contributed by atoms with van der Waals surface area (Å²) >= 11 is 0. The lowest BCUT2D eigenvalue weighted by Crippen LogP contribution is -2.40. The quantitative estimate of drug-likeness (QED) is 0.670. The Balaban J connectivity index is 2.40. The first kappa shape index (κ1) is 14.5. The molecule has 1 saturated carbocycles. The first-order chi connectivity index (χ1) is 8.22. The predicted molar refractivity (Wildman–Crippen MR) is 69.9 cm³/mol. The van der Waals surface area contributed by atoms with E-state index in [0.29, 0.717) is 6.04 Å². The van der Waals surface area contributed by atoms with Crippen LogP contribution in [-0.2, 0) is 9.53 Å².